The molecular formula is C23H24ClN7S. The van der Waals surface area contributed by atoms with Crippen molar-refractivity contribution in [1.29, 1.82) is 5.26 Å². The second kappa shape index (κ2) is 8.00. The molecule has 1 N–H and O–H groups in total. The molecule has 1 aromatic carbocycles. The fourth-order valence-electron chi connectivity index (χ4n) is 5.10. The first-order valence-corrected chi connectivity index (χ1v) is 11.5. The molecule has 7 nitrogen and oxygen atoms in total. The van der Waals surface area contributed by atoms with E-state index in [2.05, 4.69) is 34.5 Å². The van der Waals surface area contributed by atoms with Crippen LogP contribution in [-0.2, 0) is 7.05 Å². The summed E-state index contributed by atoms with van der Waals surface area (Å²) in [6, 6.07) is 12.1. The first-order valence-electron chi connectivity index (χ1n) is 10.7. The van der Waals surface area contributed by atoms with Crippen LogP contribution in [0.3, 0.4) is 0 Å². The van der Waals surface area contributed by atoms with E-state index < -0.39 is 0 Å². The number of fused-ring (bicyclic) bond motifs is 4. The average molecular weight is 466 g/mol. The Morgan fingerprint density at radius 3 is 2.72 bits per heavy atom. The Bertz CT molecular complexity index is 1340. The molecule has 0 spiro atoms. The van der Waals surface area contributed by atoms with Gasteiger partial charge in [-0.05, 0) is 49.9 Å². The van der Waals surface area contributed by atoms with Crippen molar-refractivity contribution in [3.05, 3.63) is 36.0 Å². The molecule has 2 bridgehead atoms. The smallest absolute Gasteiger partial charge is 0.187 e. The first kappa shape index (κ1) is 21.1. The fraction of sp³-hybridized carbons (Fsp3) is 0.391. The summed E-state index contributed by atoms with van der Waals surface area (Å²) in [6.45, 7) is 0. The summed E-state index contributed by atoms with van der Waals surface area (Å²) < 4.78 is 1.74. The minimum Gasteiger partial charge on any atom is -0.348 e. The Morgan fingerprint density at radius 1 is 1.19 bits per heavy atom. The number of piperidine rings is 1. The summed E-state index contributed by atoms with van der Waals surface area (Å²) in [5.41, 5.74) is 4.01. The van der Waals surface area contributed by atoms with E-state index >= 15 is 0 Å². The molecule has 2 fully saturated rings. The first-order chi connectivity index (χ1) is 15.1. The molecule has 3 atom stereocenters. The number of hydrogen-bond acceptors (Lipinski definition) is 7. The zero-order valence-electron chi connectivity index (χ0n) is 17.9. The van der Waals surface area contributed by atoms with Crippen LogP contribution in [0.2, 0.25) is 0 Å². The third kappa shape index (κ3) is 3.51. The molecule has 3 aromatic heterocycles. The van der Waals surface area contributed by atoms with Gasteiger partial charge in [-0.2, -0.15) is 10.4 Å². The third-order valence-electron chi connectivity index (χ3n) is 6.68. The van der Waals surface area contributed by atoms with Gasteiger partial charge in [0.2, 0.25) is 0 Å². The van der Waals surface area contributed by atoms with Crippen LogP contribution in [0.5, 0.6) is 0 Å². The second-order valence-corrected chi connectivity index (χ2v) is 9.72. The second-order valence-electron chi connectivity index (χ2n) is 8.77. The van der Waals surface area contributed by atoms with E-state index in [1.54, 1.807) is 16.0 Å². The molecule has 2 saturated heterocycles. The highest BCUT2D eigenvalue weighted by Gasteiger charge is 2.35. The monoisotopic (exact) mass is 465 g/mol. The summed E-state index contributed by atoms with van der Waals surface area (Å²) in [4.78, 5) is 13.1. The van der Waals surface area contributed by atoms with Gasteiger partial charge in [0, 0.05) is 49.4 Å². The lowest BCUT2D eigenvalue weighted by atomic mass is 9.99. The van der Waals surface area contributed by atoms with Gasteiger partial charge in [0.05, 0.1) is 11.3 Å². The third-order valence-corrected chi connectivity index (χ3v) is 7.74. The van der Waals surface area contributed by atoms with Gasteiger partial charge in [-0.1, -0.05) is 11.3 Å². The molecule has 0 radical (unpaired) electrons. The summed E-state index contributed by atoms with van der Waals surface area (Å²) in [6.07, 6.45) is 6.90. The van der Waals surface area contributed by atoms with Crippen molar-refractivity contribution in [3.8, 4) is 17.3 Å². The van der Waals surface area contributed by atoms with Crippen molar-refractivity contribution in [3.63, 3.8) is 0 Å². The molecule has 2 aliphatic rings. The average Bonchev–Trinajstić information content (AvgIpc) is 3.46. The Kier molecular flexibility index (Phi) is 5.28. The van der Waals surface area contributed by atoms with Crippen molar-refractivity contribution in [1.82, 2.24) is 25.1 Å². The fourth-order valence-corrected chi connectivity index (χ4v) is 6.08. The Morgan fingerprint density at radius 2 is 1.97 bits per heavy atom. The van der Waals surface area contributed by atoms with Gasteiger partial charge in [0.25, 0.3) is 0 Å². The van der Waals surface area contributed by atoms with E-state index in [1.165, 1.54) is 25.7 Å². The number of nitrogens with zero attached hydrogens (tertiary/aromatic N) is 6. The topological polar surface area (TPSA) is 82.7 Å². The van der Waals surface area contributed by atoms with Crippen LogP contribution in [0.1, 0.15) is 31.2 Å². The molecule has 6 rings (SSSR count). The van der Waals surface area contributed by atoms with Crippen LogP contribution in [0.4, 0.5) is 5.13 Å². The predicted molar refractivity (Wildman–Crippen MR) is 130 cm³/mol. The van der Waals surface area contributed by atoms with Gasteiger partial charge in [0.15, 0.2) is 5.13 Å². The predicted octanol–water partition coefficient (Wildman–Crippen LogP) is 4.26. The van der Waals surface area contributed by atoms with Crippen molar-refractivity contribution in [2.45, 2.75) is 43.8 Å². The number of anilines is 1. The Labute approximate surface area is 196 Å². The maximum Gasteiger partial charge on any atom is 0.187 e. The number of aryl methyl sites for hydroxylation is 1. The van der Waals surface area contributed by atoms with Gasteiger partial charge in [-0.25, -0.2) is 9.97 Å². The van der Waals surface area contributed by atoms with Gasteiger partial charge in [-0.3, -0.25) is 4.68 Å². The van der Waals surface area contributed by atoms with Gasteiger partial charge in [0.1, 0.15) is 21.9 Å². The van der Waals surface area contributed by atoms with Crippen molar-refractivity contribution >= 4 is 50.1 Å². The van der Waals surface area contributed by atoms with Gasteiger partial charge >= 0.3 is 0 Å². The molecule has 5 heterocycles. The maximum atomic E-state index is 9.58. The Balaban J connectivity index is 0.00000216. The quantitative estimate of drug-likeness (QED) is 0.486. The summed E-state index contributed by atoms with van der Waals surface area (Å²) >= 11 is 1.65. The highest BCUT2D eigenvalue weighted by atomic mass is 35.5. The molecule has 0 unspecified atom stereocenters. The number of halogens is 1. The maximum absolute atomic E-state index is 9.58. The van der Waals surface area contributed by atoms with Crippen LogP contribution in [-0.4, -0.2) is 44.9 Å². The number of benzene rings is 1. The van der Waals surface area contributed by atoms with Crippen molar-refractivity contribution < 1.29 is 0 Å². The lowest BCUT2D eigenvalue weighted by Gasteiger charge is -2.35. The van der Waals surface area contributed by atoms with E-state index in [4.69, 9.17) is 9.97 Å². The molecule has 32 heavy (non-hydrogen) atoms. The molecule has 0 saturated carbocycles. The SMILES string of the molecule is CN(c1nc2ccc(-c3cc(C#N)c4nn(C)cc4c3)nc2s1)[C@@H]1C[C@H]2CC[C@@H](C1)N2.Cl. The van der Waals surface area contributed by atoms with E-state index in [0.29, 0.717) is 23.7 Å². The molecule has 0 amide bonds. The number of aromatic nitrogens is 4. The van der Waals surface area contributed by atoms with E-state index in [9.17, 15) is 5.26 Å². The lowest BCUT2D eigenvalue weighted by Crippen LogP contribution is -2.47. The van der Waals surface area contributed by atoms with Crippen LogP contribution < -0.4 is 10.2 Å². The number of hydrogen-bond donors (Lipinski definition) is 1. The van der Waals surface area contributed by atoms with Gasteiger partial charge in [-0.15, -0.1) is 12.4 Å². The van der Waals surface area contributed by atoms with Crippen LogP contribution in [0.15, 0.2) is 30.5 Å². The van der Waals surface area contributed by atoms with Crippen LogP contribution in [0, 0.1) is 11.3 Å². The number of rotatable bonds is 3. The van der Waals surface area contributed by atoms with E-state index in [-0.39, 0.29) is 12.4 Å². The van der Waals surface area contributed by atoms with Gasteiger partial charge < -0.3 is 10.2 Å². The van der Waals surface area contributed by atoms with Crippen LogP contribution in [0.25, 0.3) is 32.5 Å². The van der Waals surface area contributed by atoms with E-state index in [1.807, 2.05) is 31.4 Å². The van der Waals surface area contributed by atoms with Crippen molar-refractivity contribution in [2.75, 3.05) is 11.9 Å². The largest absolute Gasteiger partial charge is 0.348 e. The standard InChI is InChI=1S/C23H23N7S.ClH/c1-29-12-15-8-13(7-14(11-24)21(15)28-29)19-5-6-20-22(26-19)31-23(27-20)30(2)18-9-16-3-4-17(10-18)25-16;/h5-8,12,16-18,25H,3-4,9-10H2,1-2H3;1H/t16-,17+,18-;. The minimum absolute atomic E-state index is 0. The molecular weight excluding hydrogens is 442 g/mol. The molecule has 2 aliphatic heterocycles. The molecule has 0 aliphatic carbocycles. The summed E-state index contributed by atoms with van der Waals surface area (Å²) in [7, 11) is 4.04. The molecule has 4 aromatic rings. The lowest BCUT2D eigenvalue weighted by molar-refractivity contribution is 0.354. The number of thiazole rings is 1. The molecule has 9 heteroatoms. The zero-order valence-corrected chi connectivity index (χ0v) is 19.6. The number of nitriles is 1. The normalized spacial score (nSPS) is 22.1. The summed E-state index contributed by atoms with van der Waals surface area (Å²) in [5, 5.41) is 19.7. The van der Waals surface area contributed by atoms with Crippen molar-refractivity contribution in [2.24, 2.45) is 7.05 Å². The van der Waals surface area contributed by atoms with Crippen LogP contribution >= 0.6 is 23.7 Å². The highest BCUT2D eigenvalue weighted by molar-refractivity contribution is 7.21. The Hall–Kier alpha value is -2.73. The minimum atomic E-state index is 0. The summed E-state index contributed by atoms with van der Waals surface area (Å²) in [5.74, 6) is 0. The van der Waals surface area contributed by atoms with E-state index in [0.717, 1.165) is 37.6 Å². The molecule has 164 valence electrons. The zero-order chi connectivity index (χ0) is 21.1. The number of pyridine rings is 1. The number of nitrogens with one attached hydrogen (secondary N) is 1. The highest BCUT2D eigenvalue weighted by Crippen LogP contribution is 2.35.